The molecular formula is C10H10BrNO2S. The Hall–Kier alpha value is -0.940. The van der Waals surface area contributed by atoms with Crippen LogP contribution in [0.2, 0.25) is 0 Å². The van der Waals surface area contributed by atoms with Crippen LogP contribution >= 0.6 is 27.7 Å². The second-order valence-electron chi connectivity index (χ2n) is 2.70. The monoisotopic (exact) mass is 287 g/mol. The molecule has 0 bridgehead atoms. The van der Waals surface area contributed by atoms with Gasteiger partial charge in [0.25, 0.3) is 0 Å². The van der Waals surface area contributed by atoms with Crippen molar-refractivity contribution in [3.05, 3.63) is 28.4 Å². The molecule has 0 saturated carbocycles. The number of halogens is 1. The molecular weight excluding hydrogens is 278 g/mol. The maximum Gasteiger partial charge on any atom is 0.158 e. The fourth-order valence-corrected chi connectivity index (χ4v) is 2.30. The molecule has 3 nitrogen and oxygen atoms in total. The molecule has 0 spiro atoms. The van der Waals surface area contributed by atoms with Gasteiger partial charge in [-0.2, -0.15) is 0 Å². The summed E-state index contributed by atoms with van der Waals surface area (Å²) in [6.45, 7) is 3.38. The molecule has 0 aliphatic carbocycles. The average Bonchev–Trinajstić information content (AvgIpc) is 2.20. The molecule has 0 radical (unpaired) electrons. The summed E-state index contributed by atoms with van der Waals surface area (Å²) in [7, 11) is 0. The van der Waals surface area contributed by atoms with Crippen LogP contribution in [0.3, 0.4) is 0 Å². The molecule has 0 saturated heterocycles. The number of nitrogens with zero attached hydrogens (tertiary/aromatic N) is 1. The maximum atomic E-state index is 9.38. The molecule has 80 valence electrons. The largest absolute Gasteiger partial charge is 0.504 e. The third-order valence-corrected chi connectivity index (χ3v) is 3.18. The smallest absolute Gasteiger partial charge is 0.158 e. The first-order valence-corrected chi connectivity index (χ1v) is 6.03. The van der Waals surface area contributed by atoms with E-state index in [1.54, 1.807) is 6.20 Å². The molecule has 1 rings (SSSR count). The van der Waals surface area contributed by atoms with E-state index in [1.807, 2.05) is 6.26 Å². The van der Waals surface area contributed by atoms with E-state index in [-0.39, 0.29) is 11.5 Å². The van der Waals surface area contributed by atoms with E-state index < -0.39 is 0 Å². The molecule has 1 aromatic rings. The summed E-state index contributed by atoms with van der Waals surface area (Å²) in [5.41, 5.74) is 0.769. The van der Waals surface area contributed by atoms with E-state index in [9.17, 15) is 10.2 Å². The summed E-state index contributed by atoms with van der Waals surface area (Å²) in [5, 5.41) is 18.7. The molecule has 0 aliphatic rings. The zero-order valence-corrected chi connectivity index (χ0v) is 10.5. The standard InChI is InChI=1S/C10H10BrNO2S/c1-12-5-10(15-2)6-3-8(13)9(14)4-7(6)11/h3-5,13-14H,1H2,2H3/b10-5-. The average molecular weight is 288 g/mol. The van der Waals surface area contributed by atoms with Crippen LogP contribution in [0.4, 0.5) is 0 Å². The van der Waals surface area contributed by atoms with Crippen molar-refractivity contribution in [1.82, 2.24) is 0 Å². The molecule has 0 atom stereocenters. The number of hydrogen-bond acceptors (Lipinski definition) is 4. The normalized spacial score (nSPS) is 11.5. The van der Waals surface area contributed by atoms with Gasteiger partial charge in [0.2, 0.25) is 0 Å². The van der Waals surface area contributed by atoms with Crippen LogP contribution in [0.25, 0.3) is 4.91 Å². The lowest BCUT2D eigenvalue weighted by Crippen LogP contribution is -1.83. The zero-order chi connectivity index (χ0) is 11.4. The summed E-state index contributed by atoms with van der Waals surface area (Å²) in [5.74, 6) is -0.310. The Morgan fingerprint density at radius 2 is 2.07 bits per heavy atom. The van der Waals surface area contributed by atoms with Gasteiger partial charge in [-0.05, 0) is 41.0 Å². The Labute approximate surface area is 101 Å². The highest BCUT2D eigenvalue weighted by atomic mass is 79.9. The molecule has 0 unspecified atom stereocenters. The number of thioether (sulfide) groups is 1. The van der Waals surface area contributed by atoms with Gasteiger partial charge in [0.1, 0.15) is 0 Å². The van der Waals surface area contributed by atoms with Crippen molar-refractivity contribution in [3.63, 3.8) is 0 Å². The first-order valence-electron chi connectivity index (χ1n) is 4.02. The van der Waals surface area contributed by atoms with E-state index in [2.05, 4.69) is 27.6 Å². The maximum absolute atomic E-state index is 9.38. The molecule has 2 N–H and O–H groups in total. The predicted octanol–water partition coefficient (Wildman–Crippen LogP) is 3.22. The highest BCUT2D eigenvalue weighted by molar-refractivity contribution is 9.10. The predicted molar refractivity (Wildman–Crippen MR) is 68.5 cm³/mol. The molecule has 0 aromatic heterocycles. The Bertz CT molecular complexity index is 418. The minimum Gasteiger partial charge on any atom is -0.504 e. The quantitative estimate of drug-likeness (QED) is 0.663. The van der Waals surface area contributed by atoms with Gasteiger partial charge in [-0.15, -0.1) is 11.8 Å². The summed E-state index contributed by atoms with van der Waals surface area (Å²) in [6.07, 6.45) is 3.49. The van der Waals surface area contributed by atoms with Crippen molar-refractivity contribution in [2.45, 2.75) is 0 Å². The van der Waals surface area contributed by atoms with Crippen LogP contribution in [0.1, 0.15) is 5.56 Å². The molecule has 15 heavy (non-hydrogen) atoms. The van der Waals surface area contributed by atoms with Crippen LogP contribution in [-0.2, 0) is 0 Å². The summed E-state index contributed by atoms with van der Waals surface area (Å²) >= 11 is 4.79. The molecule has 0 aliphatic heterocycles. The number of phenols is 2. The third kappa shape index (κ3) is 2.76. The second-order valence-corrected chi connectivity index (χ2v) is 4.40. The molecule has 0 heterocycles. The Balaban J connectivity index is 3.30. The van der Waals surface area contributed by atoms with Crippen molar-refractivity contribution >= 4 is 39.3 Å². The molecule has 0 amide bonds. The number of aliphatic imine (C=N–C) groups is 1. The lowest BCUT2D eigenvalue weighted by Gasteiger charge is -2.08. The minimum atomic E-state index is -0.155. The van der Waals surface area contributed by atoms with Crippen molar-refractivity contribution < 1.29 is 10.2 Å². The van der Waals surface area contributed by atoms with Gasteiger partial charge >= 0.3 is 0 Å². The lowest BCUT2D eigenvalue weighted by molar-refractivity contribution is 0.403. The highest BCUT2D eigenvalue weighted by Crippen LogP contribution is 2.38. The van der Waals surface area contributed by atoms with Crippen molar-refractivity contribution in [1.29, 1.82) is 0 Å². The highest BCUT2D eigenvalue weighted by Gasteiger charge is 2.10. The van der Waals surface area contributed by atoms with Crippen molar-refractivity contribution in [2.75, 3.05) is 6.26 Å². The number of hydrogen-bond donors (Lipinski definition) is 2. The van der Waals surface area contributed by atoms with Crippen LogP contribution in [0, 0.1) is 0 Å². The number of rotatable bonds is 3. The number of aromatic hydroxyl groups is 2. The van der Waals surface area contributed by atoms with Gasteiger partial charge in [0.05, 0.1) is 0 Å². The van der Waals surface area contributed by atoms with Gasteiger partial charge < -0.3 is 10.2 Å². The van der Waals surface area contributed by atoms with Gasteiger partial charge in [-0.1, -0.05) is 0 Å². The van der Waals surface area contributed by atoms with Gasteiger partial charge in [0.15, 0.2) is 11.5 Å². The zero-order valence-electron chi connectivity index (χ0n) is 8.07. The number of benzene rings is 1. The second kappa shape index (κ2) is 5.23. The topological polar surface area (TPSA) is 52.8 Å². The molecule has 5 heteroatoms. The first-order chi connectivity index (χ1) is 7.10. The van der Waals surface area contributed by atoms with E-state index >= 15 is 0 Å². The van der Waals surface area contributed by atoms with Gasteiger partial charge in [0, 0.05) is 21.1 Å². The minimum absolute atomic E-state index is 0.155. The van der Waals surface area contributed by atoms with Crippen LogP contribution in [-0.4, -0.2) is 23.2 Å². The molecule has 0 fully saturated rings. The van der Waals surface area contributed by atoms with E-state index in [0.29, 0.717) is 4.47 Å². The van der Waals surface area contributed by atoms with E-state index in [0.717, 1.165) is 10.5 Å². The van der Waals surface area contributed by atoms with Gasteiger partial charge in [-0.3, -0.25) is 4.99 Å². The van der Waals surface area contributed by atoms with Crippen molar-refractivity contribution in [3.8, 4) is 11.5 Å². The fourth-order valence-electron chi connectivity index (χ4n) is 1.06. The van der Waals surface area contributed by atoms with Crippen LogP contribution in [0.15, 0.2) is 27.8 Å². The first kappa shape index (κ1) is 12.1. The van der Waals surface area contributed by atoms with Gasteiger partial charge in [-0.25, -0.2) is 0 Å². The Kier molecular flexibility index (Phi) is 4.23. The van der Waals surface area contributed by atoms with Crippen molar-refractivity contribution in [2.24, 2.45) is 4.99 Å². The van der Waals surface area contributed by atoms with Crippen LogP contribution in [0.5, 0.6) is 11.5 Å². The van der Waals surface area contributed by atoms with E-state index in [1.165, 1.54) is 23.9 Å². The Morgan fingerprint density at radius 1 is 1.47 bits per heavy atom. The molecule has 1 aromatic carbocycles. The van der Waals surface area contributed by atoms with E-state index in [4.69, 9.17) is 0 Å². The lowest BCUT2D eigenvalue weighted by atomic mass is 10.2. The number of phenolic OH excluding ortho intramolecular Hbond substituents is 2. The summed E-state index contributed by atoms with van der Waals surface area (Å²) < 4.78 is 0.696. The Morgan fingerprint density at radius 3 is 2.60 bits per heavy atom. The SMILES string of the molecule is C=N/C=C(\SC)c1cc(O)c(O)cc1Br. The summed E-state index contributed by atoms with van der Waals surface area (Å²) in [4.78, 5) is 4.53. The fraction of sp³-hybridized carbons (Fsp3) is 0.100. The van der Waals surface area contributed by atoms with Crippen LogP contribution < -0.4 is 0 Å². The third-order valence-electron chi connectivity index (χ3n) is 1.76. The summed E-state index contributed by atoms with van der Waals surface area (Å²) in [6, 6.07) is 2.92.